The minimum absolute atomic E-state index is 0.0539. The van der Waals surface area contributed by atoms with Gasteiger partial charge in [-0.15, -0.1) is 0 Å². The molecule has 5 heteroatoms. The van der Waals surface area contributed by atoms with Gasteiger partial charge in [0.2, 0.25) is 0 Å². The highest BCUT2D eigenvalue weighted by Gasteiger charge is 2.26. The van der Waals surface area contributed by atoms with E-state index in [0.717, 1.165) is 11.0 Å². The Labute approximate surface area is 120 Å². The van der Waals surface area contributed by atoms with Crippen molar-refractivity contribution < 1.29 is 12.8 Å². The lowest BCUT2D eigenvalue weighted by atomic mass is 10.2. The summed E-state index contributed by atoms with van der Waals surface area (Å²) in [7, 11) is -1.38. The molecule has 0 saturated carbocycles. The van der Waals surface area contributed by atoms with Crippen molar-refractivity contribution in [2.24, 2.45) is 0 Å². The van der Waals surface area contributed by atoms with Gasteiger partial charge < -0.3 is 9.73 Å². The molecule has 20 heavy (non-hydrogen) atoms. The zero-order valence-electron chi connectivity index (χ0n) is 12.1. The second-order valence-electron chi connectivity index (χ2n) is 5.08. The van der Waals surface area contributed by atoms with Gasteiger partial charge in [-0.25, -0.2) is 8.42 Å². The fourth-order valence-electron chi connectivity index (χ4n) is 2.13. The molecule has 1 heterocycles. The van der Waals surface area contributed by atoms with Crippen LogP contribution in [0.25, 0.3) is 11.0 Å². The molecule has 2 unspecified atom stereocenters. The first kappa shape index (κ1) is 15.1. The van der Waals surface area contributed by atoms with Crippen LogP contribution in [0.5, 0.6) is 0 Å². The van der Waals surface area contributed by atoms with Crippen LogP contribution < -0.4 is 5.32 Å². The maximum Gasteiger partial charge on any atom is 0.154 e. The van der Waals surface area contributed by atoms with Gasteiger partial charge in [0.15, 0.2) is 9.84 Å². The molecule has 0 fully saturated rings. The molecule has 0 amide bonds. The van der Waals surface area contributed by atoms with E-state index in [1.807, 2.05) is 37.3 Å². The van der Waals surface area contributed by atoms with E-state index < -0.39 is 9.84 Å². The van der Waals surface area contributed by atoms with Crippen LogP contribution >= 0.6 is 0 Å². The second kappa shape index (κ2) is 5.97. The number of para-hydroxylation sites is 1. The third-order valence-corrected chi connectivity index (χ3v) is 6.08. The third-order valence-electron chi connectivity index (χ3n) is 3.72. The molecule has 2 atom stereocenters. The van der Waals surface area contributed by atoms with E-state index in [0.29, 0.717) is 12.2 Å². The molecular formula is C15H21NO3S. The Kier molecular flexibility index (Phi) is 4.50. The lowest BCUT2D eigenvalue weighted by molar-refractivity contribution is 0.469. The van der Waals surface area contributed by atoms with Crippen LogP contribution in [0.2, 0.25) is 0 Å². The molecular weight excluding hydrogens is 274 g/mol. The zero-order chi connectivity index (χ0) is 14.8. The number of benzene rings is 1. The molecule has 0 aliphatic heterocycles. The van der Waals surface area contributed by atoms with Crippen molar-refractivity contribution in [3.8, 4) is 0 Å². The molecule has 0 aliphatic carbocycles. The van der Waals surface area contributed by atoms with Crippen molar-refractivity contribution >= 4 is 20.8 Å². The Balaban J connectivity index is 2.28. The predicted octanol–water partition coefficient (Wildman–Crippen LogP) is 2.91. The summed E-state index contributed by atoms with van der Waals surface area (Å²) in [5, 5.41) is 3.70. The minimum atomic E-state index is -3.13. The van der Waals surface area contributed by atoms with E-state index in [1.165, 1.54) is 0 Å². The molecule has 1 aromatic heterocycles. The number of rotatable bonds is 6. The van der Waals surface area contributed by atoms with E-state index in [4.69, 9.17) is 4.42 Å². The first-order chi connectivity index (χ1) is 9.47. The van der Waals surface area contributed by atoms with E-state index in [2.05, 4.69) is 5.32 Å². The average Bonchev–Trinajstić information content (AvgIpc) is 2.87. The molecule has 0 aliphatic rings. The van der Waals surface area contributed by atoms with Crippen LogP contribution in [0.1, 0.15) is 32.1 Å². The van der Waals surface area contributed by atoms with Crippen molar-refractivity contribution in [2.75, 3.05) is 12.8 Å². The third kappa shape index (κ3) is 3.04. The fourth-order valence-corrected chi connectivity index (χ4v) is 3.76. The Hall–Kier alpha value is -1.33. The van der Waals surface area contributed by atoms with E-state index >= 15 is 0 Å². The highest BCUT2D eigenvalue weighted by Crippen LogP contribution is 2.25. The van der Waals surface area contributed by atoms with Gasteiger partial charge in [-0.3, -0.25) is 0 Å². The first-order valence-corrected chi connectivity index (χ1v) is 8.56. The summed E-state index contributed by atoms with van der Waals surface area (Å²) in [4.78, 5) is 0. The number of furan rings is 1. The summed E-state index contributed by atoms with van der Waals surface area (Å²) in [6.07, 6.45) is 0.624. The predicted molar refractivity (Wildman–Crippen MR) is 81.6 cm³/mol. The molecule has 0 radical (unpaired) electrons. The monoisotopic (exact) mass is 295 g/mol. The number of hydrogen-bond donors (Lipinski definition) is 1. The largest absolute Gasteiger partial charge is 0.459 e. The lowest BCUT2D eigenvalue weighted by Crippen LogP contribution is -2.29. The molecule has 1 N–H and O–H groups in total. The van der Waals surface area contributed by atoms with Crippen molar-refractivity contribution in [1.29, 1.82) is 0 Å². The van der Waals surface area contributed by atoms with Gasteiger partial charge in [0.1, 0.15) is 11.3 Å². The average molecular weight is 295 g/mol. The molecule has 0 saturated heterocycles. The standard InChI is InChI=1S/C15H21NO3S/c1-4-11(2)20(17,18)10-13(16-3)15-9-12-7-5-6-8-14(12)19-15/h5-9,11,13,16H,4,10H2,1-3H3. The minimum Gasteiger partial charge on any atom is -0.459 e. The molecule has 0 spiro atoms. The summed E-state index contributed by atoms with van der Waals surface area (Å²) in [6, 6.07) is 9.27. The van der Waals surface area contributed by atoms with Crippen LogP contribution in [0.4, 0.5) is 0 Å². The summed E-state index contributed by atoms with van der Waals surface area (Å²) >= 11 is 0. The van der Waals surface area contributed by atoms with Gasteiger partial charge in [-0.05, 0) is 32.5 Å². The normalized spacial score (nSPS) is 15.3. The maximum absolute atomic E-state index is 12.2. The van der Waals surface area contributed by atoms with Crippen LogP contribution in [0, 0.1) is 0 Å². The smallest absolute Gasteiger partial charge is 0.154 e. The number of fused-ring (bicyclic) bond motifs is 1. The number of hydrogen-bond acceptors (Lipinski definition) is 4. The summed E-state index contributed by atoms with van der Waals surface area (Å²) in [6.45, 7) is 3.64. The Bertz CT molecular complexity index is 642. The highest BCUT2D eigenvalue weighted by molar-refractivity contribution is 7.92. The van der Waals surface area contributed by atoms with Crippen LogP contribution in [0.15, 0.2) is 34.7 Å². The fraction of sp³-hybridized carbons (Fsp3) is 0.467. The Morgan fingerprint density at radius 2 is 2.00 bits per heavy atom. The molecule has 1 aromatic carbocycles. The lowest BCUT2D eigenvalue weighted by Gasteiger charge is -2.17. The molecule has 2 rings (SSSR count). The summed E-state index contributed by atoms with van der Waals surface area (Å²) < 4.78 is 30.2. The van der Waals surface area contributed by atoms with Crippen molar-refractivity contribution in [1.82, 2.24) is 5.32 Å². The van der Waals surface area contributed by atoms with E-state index in [9.17, 15) is 8.42 Å². The van der Waals surface area contributed by atoms with Crippen molar-refractivity contribution in [2.45, 2.75) is 31.6 Å². The van der Waals surface area contributed by atoms with Crippen molar-refractivity contribution in [3.05, 3.63) is 36.1 Å². The summed E-state index contributed by atoms with van der Waals surface area (Å²) in [5.41, 5.74) is 0.781. The van der Waals surface area contributed by atoms with Gasteiger partial charge in [0.05, 0.1) is 17.0 Å². The molecule has 0 bridgehead atoms. The van der Waals surface area contributed by atoms with Gasteiger partial charge in [-0.2, -0.15) is 0 Å². The Morgan fingerprint density at radius 1 is 1.30 bits per heavy atom. The van der Waals surface area contributed by atoms with E-state index in [-0.39, 0.29) is 17.0 Å². The van der Waals surface area contributed by atoms with Gasteiger partial charge in [0.25, 0.3) is 0 Å². The van der Waals surface area contributed by atoms with E-state index in [1.54, 1.807) is 14.0 Å². The molecule has 110 valence electrons. The quantitative estimate of drug-likeness (QED) is 0.890. The van der Waals surface area contributed by atoms with Crippen LogP contribution in [0.3, 0.4) is 0 Å². The first-order valence-electron chi connectivity index (χ1n) is 6.85. The molecule has 4 nitrogen and oxygen atoms in total. The highest BCUT2D eigenvalue weighted by atomic mass is 32.2. The van der Waals surface area contributed by atoms with Gasteiger partial charge in [-0.1, -0.05) is 25.1 Å². The molecule has 2 aromatic rings. The zero-order valence-corrected chi connectivity index (χ0v) is 12.9. The topological polar surface area (TPSA) is 59.3 Å². The number of sulfone groups is 1. The SMILES string of the molecule is CCC(C)S(=O)(=O)CC(NC)c1cc2ccccc2o1. The summed E-state index contributed by atoms with van der Waals surface area (Å²) in [5.74, 6) is 0.721. The van der Waals surface area contributed by atoms with Gasteiger partial charge in [0, 0.05) is 5.39 Å². The van der Waals surface area contributed by atoms with Gasteiger partial charge >= 0.3 is 0 Å². The van der Waals surface area contributed by atoms with Crippen LogP contribution in [-0.4, -0.2) is 26.5 Å². The second-order valence-corrected chi connectivity index (χ2v) is 7.54. The maximum atomic E-state index is 12.2. The number of nitrogens with one attached hydrogen (secondary N) is 1. The van der Waals surface area contributed by atoms with Crippen molar-refractivity contribution in [3.63, 3.8) is 0 Å². The Morgan fingerprint density at radius 3 is 2.60 bits per heavy atom. The van der Waals surface area contributed by atoms with Crippen LogP contribution in [-0.2, 0) is 9.84 Å².